The van der Waals surface area contributed by atoms with Gasteiger partial charge in [-0.25, -0.2) is 14.4 Å². The molecular formula is C14H14ClFN2O. The van der Waals surface area contributed by atoms with E-state index in [4.69, 9.17) is 11.6 Å². The molecular weight excluding hydrogens is 267 g/mol. The third-order valence-corrected chi connectivity index (χ3v) is 3.01. The van der Waals surface area contributed by atoms with Crippen LogP contribution in [0.4, 0.5) is 4.39 Å². The summed E-state index contributed by atoms with van der Waals surface area (Å²) in [5.41, 5.74) is 1.62. The maximum atomic E-state index is 13.9. The molecule has 0 aliphatic carbocycles. The Bertz CT molecular complexity index is 617. The number of rotatable bonds is 3. The number of aromatic nitrogens is 2. The summed E-state index contributed by atoms with van der Waals surface area (Å²) in [5, 5.41) is 9.46. The maximum Gasteiger partial charge on any atom is 0.137 e. The first-order chi connectivity index (χ1) is 9.01. The molecule has 0 saturated carbocycles. The predicted octanol–water partition coefficient (Wildman–Crippen LogP) is 3.90. The minimum absolute atomic E-state index is 0.102. The quantitative estimate of drug-likeness (QED) is 0.927. The predicted molar refractivity (Wildman–Crippen MR) is 72.8 cm³/mol. The normalized spacial score (nSPS) is 10.7. The number of phenols is 1. The van der Waals surface area contributed by atoms with E-state index < -0.39 is 5.82 Å². The summed E-state index contributed by atoms with van der Waals surface area (Å²) in [5.74, 6) is -0.241. The molecule has 0 atom stereocenters. The molecule has 3 nitrogen and oxygen atoms in total. The lowest BCUT2D eigenvalue weighted by molar-refractivity contribution is 0.469. The van der Waals surface area contributed by atoms with Crippen molar-refractivity contribution in [1.29, 1.82) is 0 Å². The molecule has 1 aromatic carbocycles. The van der Waals surface area contributed by atoms with Crippen LogP contribution in [0.15, 0.2) is 18.2 Å². The fraction of sp³-hybridized carbons (Fsp3) is 0.286. The molecule has 0 saturated heterocycles. The van der Waals surface area contributed by atoms with Crippen molar-refractivity contribution < 1.29 is 9.50 Å². The van der Waals surface area contributed by atoms with Crippen molar-refractivity contribution in [2.45, 2.75) is 26.7 Å². The van der Waals surface area contributed by atoms with Crippen molar-refractivity contribution in [2.75, 3.05) is 0 Å². The van der Waals surface area contributed by atoms with Gasteiger partial charge < -0.3 is 5.11 Å². The van der Waals surface area contributed by atoms with Gasteiger partial charge in [0.1, 0.15) is 17.4 Å². The standard InChI is InChI=1S/C14H14ClFN2O/c1-3-4-9-5-13(18-8(2)17-9)10-6-11(15)14(19)7-12(10)16/h5-7,19H,3-4H2,1-2H3. The van der Waals surface area contributed by atoms with E-state index in [-0.39, 0.29) is 16.3 Å². The van der Waals surface area contributed by atoms with Crippen LogP contribution >= 0.6 is 11.6 Å². The highest BCUT2D eigenvalue weighted by molar-refractivity contribution is 6.32. The van der Waals surface area contributed by atoms with Gasteiger partial charge >= 0.3 is 0 Å². The van der Waals surface area contributed by atoms with Crippen LogP contribution in [0, 0.1) is 12.7 Å². The minimum atomic E-state index is -0.553. The molecule has 0 bridgehead atoms. The Kier molecular flexibility index (Phi) is 4.00. The molecule has 0 unspecified atom stereocenters. The summed E-state index contributed by atoms with van der Waals surface area (Å²) in [6, 6.07) is 4.13. The molecule has 1 N–H and O–H groups in total. The van der Waals surface area contributed by atoms with Crippen molar-refractivity contribution in [1.82, 2.24) is 9.97 Å². The molecule has 2 aromatic rings. The zero-order valence-electron chi connectivity index (χ0n) is 10.7. The fourth-order valence-electron chi connectivity index (χ4n) is 1.88. The zero-order valence-corrected chi connectivity index (χ0v) is 11.5. The fourth-order valence-corrected chi connectivity index (χ4v) is 2.05. The second kappa shape index (κ2) is 5.53. The van der Waals surface area contributed by atoms with Gasteiger partial charge in [0.15, 0.2) is 0 Å². The minimum Gasteiger partial charge on any atom is -0.506 e. The molecule has 19 heavy (non-hydrogen) atoms. The van der Waals surface area contributed by atoms with Crippen molar-refractivity contribution >= 4 is 11.6 Å². The second-order valence-corrected chi connectivity index (χ2v) is 4.73. The van der Waals surface area contributed by atoms with E-state index in [0.29, 0.717) is 11.5 Å². The molecule has 5 heteroatoms. The van der Waals surface area contributed by atoms with Gasteiger partial charge in [-0.1, -0.05) is 24.9 Å². The topological polar surface area (TPSA) is 46.0 Å². The Balaban J connectivity index is 2.55. The summed E-state index contributed by atoms with van der Waals surface area (Å²) in [6.07, 6.45) is 1.76. The molecule has 1 heterocycles. The van der Waals surface area contributed by atoms with Crippen LogP contribution in [0.3, 0.4) is 0 Å². The zero-order chi connectivity index (χ0) is 14.0. The van der Waals surface area contributed by atoms with Crippen molar-refractivity contribution in [3.8, 4) is 17.0 Å². The van der Waals surface area contributed by atoms with Crippen molar-refractivity contribution in [3.63, 3.8) is 0 Å². The van der Waals surface area contributed by atoms with E-state index in [0.717, 1.165) is 24.6 Å². The van der Waals surface area contributed by atoms with Gasteiger partial charge in [0, 0.05) is 17.3 Å². The van der Waals surface area contributed by atoms with Crippen LogP contribution in [0.2, 0.25) is 5.02 Å². The third-order valence-electron chi connectivity index (χ3n) is 2.71. The van der Waals surface area contributed by atoms with Gasteiger partial charge in [0.2, 0.25) is 0 Å². The Morgan fingerprint density at radius 3 is 2.68 bits per heavy atom. The van der Waals surface area contributed by atoms with Gasteiger partial charge in [-0.2, -0.15) is 0 Å². The molecule has 0 radical (unpaired) electrons. The molecule has 0 aliphatic heterocycles. The highest BCUT2D eigenvalue weighted by atomic mass is 35.5. The van der Waals surface area contributed by atoms with Crippen LogP contribution in [0.25, 0.3) is 11.3 Å². The second-order valence-electron chi connectivity index (χ2n) is 4.33. The van der Waals surface area contributed by atoms with Gasteiger partial charge in [0.05, 0.1) is 10.7 Å². The van der Waals surface area contributed by atoms with E-state index in [9.17, 15) is 9.50 Å². The van der Waals surface area contributed by atoms with Crippen LogP contribution in [0.1, 0.15) is 24.9 Å². The molecule has 0 fully saturated rings. The lowest BCUT2D eigenvalue weighted by Crippen LogP contribution is -1.98. The number of nitrogens with zero attached hydrogens (tertiary/aromatic N) is 2. The smallest absolute Gasteiger partial charge is 0.137 e. The summed E-state index contributed by atoms with van der Waals surface area (Å²) in [4.78, 5) is 8.53. The van der Waals surface area contributed by atoms with E-state index in [1.54, 1.807) is 13.0 Å². The summed E-state index contributed by atoms with van der Waals surface area (Å²) in [7, 11) is 0. The van der Waals surface area contributed by atoms with E-state index in [1.165, 1.54) is 6.07 Å². The summed E-state index contributed by atoms with van der Waals surface area (Å²) in [6.45, 7) is 3.82. The highest BCUT2D eigenvalue weighted by Gasteiger charge is 2.12. The van der Waals surface area contributed by atoms with E-state index in [2.05, 4.69) is 16.9 Å². The monoisotopic (exact) mass is 280 g/mol. The number of phenolic OH excluding ortho intramolecular Hbond substituents is 1. The number of halogens is 2. The Hall–Kier alpha value is -1.68. The molecule has 0 aliphatic rings. The Morgan fingerprint density at radius 2 is 2.00 bits per heavy atom. The number of aryl methyl sites for hydroxylation is 2. The largest absolute Gasteiger partial charge is 0.506 e. The van der Waals surface area contributed by atoms with Crippen molar-refractivity contribution in [3.05, 3.63) is 40.6 Å². The van der Waals surface area contributed by atoms with Crippen LogP contribution in [-0.2, 0) is 6.42 Å². The average Bonchev–Trinajstić information content (AvgIpc) is 2.33. The first-order valence-corrected chi connectivity index (χ1v) is 6.42. The first-order valence-electron chi connectivity index (χ1n) is 6.04. The van der Waals surface area contributed by atoms with E-state index in [1.807, 2.05) is 0 Å². The van der Waals surface area contributed by atoms with E-state index >= 15 is 0 Å². The molecule has 100 valence electrons. The third kappa shape index (κ3) is 3.01. The number of benzene rings is 1. The SMILES string of the molecule is CCCc1cc(-c2cc(Cl)c(O)cc2F)nc(C)n1. The Labute approximate surface area is 116 Å². The van der Waals surface area contributed by atoms with Gasteiger partial charge in [0.25, 0.3) is 0 Å². The van der Waals surface area contributed by atoms with Crippen LogP contribution in [0.5, 0.6) is 5.75 Å². The van der Waals surface area contributed by atoms with Gasteiger partial charge in [-0.05, 0) is 25.5 Å². The Morgan fingerprint density at radius 1 is 1.26 bits per heavy atom. The summed E-state index contributed by atoms with van der Waals surface area (Å²) >= 11 is 5.82. The highest BCUT2D eigenvalue weighted by Crippen LogP contribution is 2.31. The molecule has 0 amide bonds. The van der Waals surface area contributed by atoms with Gasteiger partial charge in [-0.15, -0.1) is 0 Å². The van der Waals surface area contributed by atoms with Gasteiger partial charge in [-0.3, -0.25) is 0 Å². The molecule has 0 spiro atoms. The summed E-state index contributed by atoms with van der Waals surface area (Å²) < 4.78 is 13.9. The van der Waals surface area contributed by atoms with Crippen LogP contribution < -0.4 is 0 Å². The van der Waals surface area contributed by atoms with Crippen LogP contribution in [-0.4, -0.2) is 15.1 Å². The lowest BCUT2D eigenvalue weighted by atomic mass is 10.1. The lowest BCUT2D eigenvalue weighted by Gasteiger charge is -2.08. The maximum absolute atomic E-state index is 13.9. The number of hydrogen-bond acceptors (Lipinski definition) is 3. The molecule has 1 aromatic heterocycles. The first kappa shape index (κ1) is 13.7. The van der Waals surface area contributed by atoms with Crippen molar-refractivity contribution in [2.24, 2.45) is 0 Å². The number of hydrogen-bond donors (Lipinski definition) is 1. The average molecular weight is 281 g/mol. The molecule has 2 rings (SSSR count). The number of aromatic hydroxyl groups is 1.